The number of carbonyl (C=O) groups is 1. The van der Waals surface area contributed by atoms with Gasteiger partial charge in [0.15, 0.2) is 6.29 Å². The summed E-state index contributed by atoms with van der Waals surface area (Å²) in [6.07, 6.45) is 23.5. The molecular weight excluding hydrogens is 677 g/mol. The quantitative estimate of drug-likeness (QED) is 0.259. The zero-order valence-electron chi connectivity index (χ0n) is 34.5. The van der Waals surface area contributed by atoms with Crippen molar-refractivity contribution in [3.05, 3.63) is 48.1 Å². The first-order valence-electron chi connectivity index (χ1n) is 21.6. The van der Waals surface area contributed by atoms with Crippen LogP contribution in [0.5, 0.6) is 0 Å². The summed E-state index contributed by atoms with van der Waals surface area (Å²) in [5.41, 5.74) is 1.80. The SMILES string of the molecule is CNC(=O)OC(C(C)C)C1CC(C)C2C(O1)C(O)C1(C)C3CCC4C(C)(C)C(OC5CN(CCC6=CC=CC=CC=C6)CCO5)CCC45CC35CCC21C. The predicted octanol–water partition coefficient (Wildman–Crippen LogP) is 8.22. The lowest BCUT2D eigenvalue weighted by Gasteiger charge is -2.64. The third kappa shape index (κ3) is 5.88. The summed E-state index contributed by atoms with van der Waals surface area (Å²) < 4.78 is 26.2. The number of morpholine rings is 1. The fourth-order valence-corrected chi connectivity index (χ4v) is 14.8. The van der Waals surface area contributed by atoms with E-state index in [9.17, 15) is 9.90 Å². The van der Waals surface area contributed by atoms with Crippen LogP contribution < -0.4 is 5.32 Å². The molecule has 2 N–H and O–H groups in total. The first-order chi connectivity index (χ1) is 25.7. The van der Waals surface area contributed by atoms with Crippen LogP contribution in [0.4, 0.5) is 4.79 Å². The molecule has 14 unspecified atom stereocenters. The zero-order valence-corrected chi connectivity index (χ0v) is 34.5. The molecule has 0 radical (unpaired) electrons. The molecule has 8 nitrogen and oxygen atoms in total. The van der Waals surface area contributed by atoms with E-state index in [4.69, 9.17) is 18.9 Å². The number of hydrogen-bond acceptors (Lipinski definition) is 7. The van der Waals surface area contributed by atoms with Crippen LogP contribution in [0.25, 0.3) is 0 Å². The van der Waals surface area contributed by atoms with E-state index in [0.717, 1.165) is 51.9 Å². The molecule has 0 bridgehead atoms. The summed E-state index contributed by atoms with van der Waals surface area (Å²) >= 11 is 0. The number of amides is 1. The first kappa shape index (κ1) is 38.9. The number of aliphatic hydroxyl groups excluding tert-OH is 1. The molecule has 14 atom stereocenters. The Balaban J connectivity index is 0.959. The van der Waals surface area contributed by atoms with Crippen molar-refractivity contribution in [3.8, 4) is 0 Å². The number of allylic oxidation sites excluding steroid dienone is 7. The molecule has 0 aromatic heterocycles. The fraction of sp³-hybridized carbons (Fsp3) is 0.804. The zero-order chi connectivity index (χ0) is 38.3. The van der Waals surface area contributed by atoms with Gasteiger partial charge in [-0.25, -0.2) is 4.79 Å². The molecule has 5 saturated carbocycles. The third-order valence-corrected chi connectivity index (χ3v) is 17.5. The van der Waals surface area contributed by atoms with E-state index < -0.39 is 12.2 Å². The number of ether oxygens (including phenoxy) is 4. The van der Waals surface area contributed by atoms with Crippen LogP contribution in [-0.4, -0.2) is 86.2 Å². The maximum Gasteiger partial charge on any atom is 0.407 e. The molecule has 0 aromatic rings. The second-order valence-electron chi connectivity index (χ2n) is 20.3. The minimum atomic E-state index is -0.534. The summed E-state index contributed by atoms with van der Waals surface area (Å²) in [4.78, 5) is 14.9. The molecule has 1 amide bonds. The monoisotopic (exact) mass is 747 g/mol. The standard InChI is InChI=1S/C46H70N2O6/c1-29(2)38(54-41(50)47-8)32-26-30(3)37-39(52-32)40(49)44(7)34-17-16-33-42(4,5)35(18-20-45(33)28-46(34,45)22-21-43(37,44)6)53-36-27-48(24-25-51-36)23-19-31-14-12-10-9-11-13-15-31/h9-15,29-30,32-40,49H,16-28H2,1-8H3,(H,47,50). The first-order valence-corrected chi connectivity index (χ1v) is 21.6. The normalized spacial score (nSPS) is 46.9. The molecule has 2 saturated heterocycles. The van der Waals surface area contributed by atoms with Crippen molar-refractivity contribution >= 4 is 6.09 Å². The Kier molecular flexibility index (Phi) is 10.2. The van der Waals surface area contributed by atoms with Gasteiger partial charge in [-0.15, -0.1) is 0 Å². The van der Waals surface area contributed by atoms with Gasteiger partial charge in [0.05, 0.1) is 31.0 Å². The molecule has 54 heavy (non-hydrogen) atoms. The van der Waals surface area contributed by atoms with Crippen LogP contribution in [0.2, 0.25) is 0 Å². The lowest BCUT2D eigenvalue weighted by atomic mass is 9.41. The van der Waals surface area contributed by atoms with Crippen molar-refractivity contribution in [2.45, 2.75) is 143 Å². The number of fused-ring (bicyclic) bond motifs is 4. The van der Waals surface area contributed by atoms with Crippen LogP contribution in [-0.2, 0) is 18.9 Å². The van der Waals surface area contributed by atoms with Gasteiger partial charge in [-0.2, -0.15) is 0 Å². The predicted molar refractivity (Wildman–Crippen MR) is 211 cm³/mol. The van der Waals surface area contributed by atoms with Gasteiger partial charge in [-0.3, -0.25) is 4.90 Å². The van der Waals surface area contributed by atoms with Crippen molar-refractivity contribution in [2.75, 3.05) is 33.3 Å². The number of alkyl carbamates (subject to hydrolysis) is 1. The largest absolute Gasteiger partial charge is 0.443 e. The van der Waals surface area contributed by atoms with Crippen LogP contribution in [0.3, 0.4) is 0 Å². The van der Waals surface area contributed by atoms with Gasteiger partial charge < -0.3 is 29.4 Å². The van der Waals surface area contributed by atoms with Gasteiger partial charge in [-0.05, 0) is 115 Å². The van der Waals surface area contributed by atoms with Crippen LogP contribution >= 0.6 is 0 Å². The van der Waals surface area contributed by atoms with Gasteiger partial charge in [0.2, 0.25) is 0 Å². The average Bonchev–Trinajstić information content (AvgIpc) is 3.76. The minimum absolute atomic E-state index is 0.000902. The number of nitrogens with zero attached hydrogens (tertiary/aromatic N) is 1. The summed E-state index contributed by atoms with van der Waals surface area (Å²) in [6, 6.07) is 0. The fourth-order valence-electron chi connectivity index (χ4n) is 14.8. The van der Waals surface area contributed by atoms with Crippen LogP contribution in [0, 0.1) is 56.7 Å². The van der Waals surface area contributed by atoms with Gasteiger partial charge in [0.25, 0.3) is 0 Å². The van der Waals surface area contributed by atoms with Gasteiger partial charge in [-0.1, -0.05) is 91.0 Å². The molecular formula is C46H70N2O6. The van der Waals surface area contributed by atoms with E-state index in [1.165, 1.54) is 37.7 Å². The van der Waals surface area contributed by atoms with E-state index in [-0.39, 0.29) is 58.3 Å². The average molecular weight is 747 g/mol. The smallest absolute Gasteiger partial charge is 0.407 e. The Morgan fingerprint density at radius 2 is 1.76 bits per heavy atom. The molecule has 8 rings (SSSR count). The Morgan fingerprint density at radius 1 is 1.02 bits per heavy atom. The Bertz CT molecular complexity index is 1550. The van der Waals surface area contributed by atoms with E-state index in [0.29, 0.717) is 29.1 Å². The lowest BCUT2D eigenvalue weighted by molar-refractivity contribution is -0.248. The number of nitrogens with one attached hydrogen (secondary N) is 1. The molecule has 8 aliphatic rings. The highest BCUT2D eigenvalue weighted by molar-refractivity contribution is 5.67. The van der Waals surface area contributed by atoms with E-state index >= 15 is 0 Å². The van der Waals surface area contributed by atoms with Crippen molar-refractivity contribution in [2.24, 2.45) is 56.7 Å². The molecule has 7 fully saturated rings. The van der Waals surface area contributed by atoms with Gasteiger partial charge in [0, 0.05) is 32.1 Å². The number of hydrogen-bond donors (Lipinski definition) is 2. The number of aliphatic hydroxyl groups is 1. The van der Waals surface area contributed by atoms with Crippen molar-refractivity contribution < 1.29 is 28.8 Å². The Morgan fingerprint density at radius 3 is 2.54 bits per heavy atom. The molecule has 8 heteroatoms. The Hall–Kier alpha value is -1.97. The number of rotatable bonds is 8. The highest BCUT2D eigenvalue weighted by Gasteiger charge is 2.84. The molecule has 2 aliphatic heterocycles. The topological polar surface area (TPSA) is 89.5 Å². The molecule has 2 heterocycles. The minimum Gasteiger partial charge on any atom is -0.443 e. The maximum absolute atomic E-state index is 12.7. The van der Waals surface area contributed by atoms with E-state index in [2.05, 4.69) is 101 Å². The maximum atomic E-state index is 12.7. The van der Waals surface area contributed by atoms with E-state index in [1.807, 2.05) is 0 Å². The van der Waals surface area contributed by atoms with Crippen LogP contribution in [0.1, 0.15) is 106 Å². The highest BCUT2D eigenvalue weighted by atomic mass is 16.7. The molecule has 0 aromatic carbocycles. The molecule has 2 spiro atoms. The van der Waals surface area contributed by atoms with Gasteiger partial charge >= 0.3 is 6.09 Å². The summed E-state index contributed by atoms with van der Waals surface area (Å²) in [5, 5.41) is 15.3. The summed E-state index contributed by atoms with van der Waals surface area (Å²) in [5.74, 6) is 1.88. The van der Waals surface area contributed by atoms with Crippen LogP contribution in [0.15, 0.2) is 48.1 Å². The van der Waals surface area contributed by atoms with Crippen molar-refractivity contribution in [1.82, 2.24) is 10.2 Å². The van der Waals surface area contributed by atoms with E-state index in [1.54, 1.807) is 7.05 Å². The van der Waals surface area contributed by atoms with Gasteiger partial charge in [0.1, 0.15) is 6.10 Å². The molecule has 300 valence electrons. The summed E-state index contributed by atoms with van der Waals surface area (Å²) in [7, 11) is 1.61. The second kappa shape index (κ2) is 14.1. The number of carbonyl (C=O) groups excluding carboxylic acids is 1. The van der Waals surface area contributed by atoms with Crippen molar-refractivity contribution in [3.63, 3.8) is 0 Å². The Labute approximate surface area is 325 Å². The second-order valence-corrected chi connectivity index (χ2v) is 20.3. The van der Waals surface area contributed by atoms with Crippen molar-refractivity contribution in [1.29, 1.82) is 0 Å². The lowest BCUT2D eigenvalue weighted by Crippen LogP contribution is -2.60. The highest BCUT2D eigenvalue weighted by Crippen LogP contribution is 2.89. The third-order valence-electron chi connectivity index (χ3n) is 17.5. The molecule has 6 aliphatic carbocycles. The summed E-state index contributed by atoms with van der Waals surface area (Å²) in [6.45, 7) is 20.1.